The van der Waals surface area contributed by atoms with Crippen LogP contribution >= 0.6 is 0 Å². The van der Waals surface area contributed by atoms with Crippen molar-refractivity contribution >= 4 is 5.91 Å². The molecule has 1 atom stereocenters. The summed E-state index contributed by atoms with van der Waals surface area (Å²) in [6.45, 7) is 1.68. The highest BCUT2D eigenvalue weighted by molar-refractivity contribution is 5.94. The van der Waals surface area contributed by atoms with Gasteiger partial charge in [0.25, 0.3) is 11.9 Å². The largest absolute Gasteiger partial charge is 0.345 e. The van der Waals surface area contributed by atoms with Crippen molar-refractivity contribution < 1.29 is 18.0 Å². The number of nitrogens with zero attached hydrogens (tertiary/aromatic N) is 1. The van der Waals surface area contributed by atoms with Crippen molar-refractivity contribution in [2.75, 3.05) is 0 Å². The van der Waals surface area contributed by atoms with E-state index in [9.17, 15) is 18.0 Å². The van der Waals surface area contributed by atoms with Gasteiger partial charge in [-0.25, -0.2) is 4.39 Å². The first kappa shape index (κ1) is 14.0. The molecular formula is C14H11F3N2O. The average Bonchev–Trinajstić information content (AvgIpc) is 2.43. The molecule has 0 fully saturated rings. The van der Waals surface area contributed by atoms with Crippen molar-refractivity contribution in [3.8, 4) is 0 Å². The standard InChI is InChI=1S/C14H11F3N2O/c1-8(9-5-3-2-4-6-9)18-14(20)10-7-11(15)19-13(17)12(10)16/h2-8H,1H3,(H,18,20). The lowest BCUT2D eigenvalue weighted by Crippen LogP contribution is -2.28. The van der Waals surface area contributed by atoms with E-state index >= 15 is 0 Å². The molecule has 2 rings (SSSR count). The molecule has 0 saturated carbocycles. The van der Waals surface area contributed by atoms with E-state index in [1.54, 1.807) is 31.2 Å². The summed E-state index contributed by atoms with van der Waals surface area (Å²) < 4.78 is 39.3. The number of hydrogen-bond acceptors (Lipinski definition) is 2. The van der Waals surface area contributed by atoms with E-state index in [0.717, 1.165) is 5.56 Å². The summed E-state index contributed by atoms with van der Waals surface area (Å²) >= 11 is 0. The monoisotopic (exact) mass is 280 g/mol. The zero-order valence-corrected chi connectivity index (χ0v) is 10.5. The van der Waals surface area contributed by atoms with Crippen molar-refractivity contribution in [2.24, 2.45) is 0 Å². The van der Waals surface area contributed by atoms with Gasteiger partial charge in [0, 0.05) is 6.07 Å². The lowest BCUT2D eigenvalue weighted by molar-refractivity contribution is 0.0933. The maximum absolute atomic E-state index is 13.4. The van der Waals surface area contributed by atoms with Crippen molar-refractivity contribution in [2.45, 2.75) is 13.0 Å². The zero-order valence-electron chi connectivity index (χ0n) is 10.5. The Morgan fingerprint density at radius 3 is 2.50 bits per heavy atom. The Hall–Kier alpha value is -2.37. The van der Waals surface area contributed by atoms with Crippen LogP contribution in [0.5, 0.6) is 0 Å². The van der Waals surface area contributed by atoms with Crippen LogP contribution in [-0.2, 0) is 0 Å². The van der Waals surface area contributed by atoms with Gasteiger partial charge in [-0.15, -0.1) is 0 Å². The fourth-order valence-electron chi connectivity index (χ4n) is 1.73. The van der Waals surface area contributed by atoms with E-state index in [-0.39, 0.29) is 0 Å². The molecule has 3 nitrogen and oxygen atoms in total. The summed E-state index contributed by atoms with van der Waals surface area (Å²) in [4.78, 5) is 14.5. The molecule has 104 valence electrons. The summed E-state index contributed by atoms with van der Waals surface area (Å²) in [5.41, 5.74) is 0.0778. The van der Waals surface area contributed by atoms with Gasteiger partial charge in [0.05, 0.1) is 11.6 Å². The van der Waals surface area contributed by atoms with Crippen molar-refractivity contribution in [3.63, 3.8) is 0 Å². The van der Waals surface area contributed by atoms with Gasteiger partial charge >= 0.3 is 0 Å². The Morgan fingerprint density at radius 2 is 1.85 bits per heavy atom. The molecule has 0 radical (unpaired) electrons. The Morgan fingerprint density at radius 1 is 1.20 bits per heavy atom. The Bertz CT molecular complexity index is 632. The third kappa shape index (κ3) is 2.96. The summed E-state index contributed by atoms with van der Waals surface area (Å²) in [7, 11) is 0. The number of carbonyl (C=O) groups excluding carboxylic acids is 1. The molecule has 1 heterocycles. The van der Waals surface area contributed by atoms with Crippen LogP contribution < -0.4 is 5.32 Å². The third-order valence-corrected chi connectivity index (χ3v) is 2.78. The van der Waals surface area contributed by atoms with Crippen molar-refractivity contribution in [1.82, 2.24) is 10.3 Å². The van der Waals surface area contributed by atoms with E-state index in [4.69, 9.17) is 0 Å². The minimum atomic E-state index is -1.64. The summed E-state index contributed by atoms with van der Waals surface area (Å²) in [5, 5.41) is 2.47. The Labute approximate surface area is 113 Å². The van der Waals surface area contributed by atoms with E-state index in [1.165, 1.54) is 0 Å². The fourth-order valence-corrected chi connectivity index (χ4v) is 1.73. The fraction of sp³-hybridized carbons (Fsp3) is 0.143. The molecule has 6 heteroatoms. The third-order valence-electron chi connectivity index (χ3n) is 2.78. The summed E-state index contributed by atoms with van der Waals surface area (Å²) in [6.07, 6.45) is 0. The van der Waals surface area contributed by atoms with E-state index in [1.807, 2.05) is 6.07 Å². The number of nitrogens with one attached hydrogen (secondary N) is 1. The molecule has 2 aromatic rings. The van der Waals surface area contributed by atoms with Crippen LogP contribution in [0.1, 0.15) is 28.9 Å². The molecule has 1 N–H and O–H groups in total. The number of benzene rings is 1. The molecule has 0 spiro atoms. The first-order valence-electron chi connectivity index (χ1n) is 5.86. The Balaban J connectivity index is 2.21. The van der Waals surface area contributed by atoms with Crippen LogP contribution in [0.3, 0.4) is 0 Å². The number of pyridine rings is 1. The van der Waals surface area contributed by atoms with Gasteiger partial charge in [-0.3, -0.25) is 4.79 Å². The zero-order chi connectivity index (χ0) is 14.7. The number of carbonyl (C=O) groups is 1. The second-order valence-corrected chi connectivity index (χ2v) is 4.20. The molecule has 0 aliphatic rings. The van der Waals surface area contributed by atoms with Gasteiger partial charge in [0.1, 0.15) is 0 Å². The highest BCUT2D eigenvalue weighted by Gasteiger charge is 2.20. The van der Waals surface area contributed by atoms with E-state index in [0.29, 0.717) is 6.07 Å². The first-order chi connectivity index (χ1) is 9.49. The molecule has 20 heavy (non-hydrogen) atoms. The number of halogens is 3. The quantitative estimate of drug-likeness (QED) is 0.878. The van der Waals surface area contributed by atoms with Gasteiger partial charge in [0.15, 0.2) is 5.82 Å². The van der Waals surface area contributed by atoms with E-state index < -0.39 is 35.2 Å². The molecule has 0 aliphatic carbocycles. The van der Waals surface area contributed by atoms with Crippen LogP contribution in [0.4, 0.5) is 13.2 Å². The first-order valence-corrected chi connectivity index (χ1v) is 5.86. The predicted octanol–water partition coefficient (Wildman–Crippen LogP) is 2.99. The molecule has 1 amide bonds. The van der Waals surface area contributed by atoms with E-state index in [2.05, 4.69) is 10.3 Å². The maximum Gasteiger partial charge on any atom is 0.255 e. The van der Waals surface area contributed by atoms with Gasteiger partial charge in [-0.2, -0.15) is 13.8 Å². The molecule has 0 saturated heterocycles. The van der Waals surface area contributed by atoms with Gasteiger partial charge < -0.3 is 5.32 Å². The van der Waals surface area contributed by atoms with Crippen molar-refractivity contribution in [1.29, 1.82) is 0 Å². The second-order valence-electron chi connectivity index (χ2n) is 4.20. The van der Waals surface area contributed by atoms with Crippen LogP contribution in [-0.4, -0.2) is 10.9 Å². The smallest absolute Gasteiger partial charge is 0.255 e. The average molecular weight is 280 g/mol. The normalized spacial score (nSPS) is 12.0. The summed E-state index contributed by atoms with van der Waals surface area (Å²) in [5.74, 6) is -5.26. The highest BCUT2D eigenvalue weighted by atomic mass is 19.2. The van der Waals surface area contributed by atoms with Crippen LogP contribution in [0.25, 0.3) is 0 Å². The number of aromatic nitrogens is 1. The van der Waals surface area contributed by atoms with Crippen LogP contribution in [0.15, 0.2) is 36.4 Å². The van der Waals surface area contributed by atoms with Gasteiger partial charge in [-0.1, -0.05) is 30.3 Å². The lowest BCUT2D eigenvalue weighted by Gasteiger charge is -2.14. The predicted molar refractivity (Wildman–Crippen MR) is 66.4 cm³/mol. The molecule has 1 aromatic carbocycles. The topological polar surface area (TPSA) is 42.0 Å². The second kappa shape index (κ2) is 5.73. The lowest BCUT2D eigenvalue weighted by atomic mass is 10.1. The molecule has 1 aromatic heterocycles. The molecule has 1 unspecified atom stereocenters. The van der Waals surface area contributed by atoms with Crippen molar-refractivity contribution in [3.05, 3.63) is 65.2 Å². The molecular weight excluding hydrogens is 269 g/mol. The summed E-state index contributed by atoms with van der Waals surface area (Å²) in [6, 6.07) is 9.05. The SMILES string of the molecule is CC(NC(=O)c1cc(F)nc(F)c1F)c1ccccc1. The minimum absolute atomic E-state index is 0.428. The highest BCUT2D eigenvalue weighted by Crippen LogP contribution is 2.15. The molecule has 0 aliphatic heterocycles. The Kier molecular flexibility index (Phi) is 4.02. The number of hydrogen-bond donors (Lipinski definition) is 1. The minimum Gasteiger partial charge on any atom is -0.345 e. The van der Waals surface area contributed by atoms with Gasteiger partial charge in [0.2, 0.25) is 5.95 Å². The number of amides is 1. The maximum atomic E-state index is 13.4. The van der Waals surface area contributed by atoms with Crippen LogP contribution in [0, 0.1) is 17.7 Å². The molecule has 0 bridgehead atoms. The number of rotatable bonds is 3. The van der Waals surface area contributed by atoms with Gasteiger partial charge in [-0.05, 0) is 12.5 Å². The van der Waals surface area contributed by atoms with Crippen LogP contribution in [0.2, 0.25) is 0 Å².